The van der Waals surface area contributed by atoms with Gasteiger partial charge in [0.2, 0.25) is 5.91 Å². The lowest BCUT2D eigenvalue weighted by molar-refractivity contribution is -0.114. The van der Waals surface area contributed by atoms with Crippen LogP contribution in [-0.2, 0) is 17.0 Å². The first kappa shape index (κ1) is 17.0. The zero-order chi connectivity index (χ0) is 15.9. The molecule has 0 aliphatic carbocycles. The summed E-state index contributed by atoms with van der Waals surface area (Å²) in [6, 6.07) is 7.92. The lowest BCUT2D eigenvalue weighted by Gasteiger charge is -2.04. The number of aryl methyl sites for hydroxylation is 1. The molecule has 0 unspecified atom stereocenters. The normalized spacial score (nSPS) is 10.9. The van der Waals surface area contributed by atoms with E-state index in [1.54, 1.807) is 23.1 Å². The third-order valence-corrected chi connectivity index (χ3v) is 5.10. The maximum Gasteiger partial charge on any atom is 0.221 e. The number of nitrogens with zero attached hydrogens (tertiary/aromatic N) is 1. The van der Waals surface area contributed by atoms with Crippen molar-refractivity contribution in [2.24, 2.45) is 5.92 Å². The van der Waals surface area contributed by atoms with Gasteiger partial charge in [0.25, 0.3) is 0 Å². The van der Waals surface area contributed by atoms with Crippen molar-refractivity contribution >= 4 is 34.7 Å². The molecule has 22 heavy (non-hydrogen) atoms. The van der Waals surface area contributed by atoms with Gasteiger partial charge in [-0.15, -0.1) is 23.1 Å². The molecule has 1 aromatic carbocycles. The maximum atomic E-state index is 11.0. The summed E-state index contributed by atoms with van der Waals surface area (Å²) in [5.41, 5.74) is 1.99. The van der Waals surface area contributed by atoms with Crippen LogP contribution in [0.5, 0.6) is 0 Å². The molecule has 0 fully saturated rings. The Hall–Kier alpha value is -1.33. The molecule has 0 aliphatic heterocycles. The largest absolute Gasteiger partial charge is 0.326 e. The number of thioether (sulfide) groups is 1. The van der Waals surface area contributed by atoms with Crippen molar-refractivity contribution in [3.05, 3.63) is 40.3 Å². The molecule has 1 amide bonds. The summed E-state index contributed by atoms with van der Waals surface area (Å²) in [5.74, 6) is 1.57. The highest BCUT2D eigenvalue weighted by atomic mass is 32.2. The molecule has 0 saturated carbocycles. The number of benzene rings is 1. The SMILES string of the molecule is CC(=O)Nc1ccc(SCc2csc(CCC(C)C)n2)cc1. The van der Waals surface area contributed by atoms with E-state index in [9.17, 15) is 4.79 Å². The molecule has 2 rings (SSSR count). The highest BCUT2D eigenvalue weighted by Crippen LogP contribution is 2.25. The minimum absolute atomic E-state index is 0.0446. The van der Waals surface area contributed by atoms with Gasteiger partial charge in [-0.25, -0.2) is 4.98 Å². The molecule has 1 aromatic heterocycles. The third kappa shape index (κ3) is 5.81. The van der Waals surface area contributed by atoms with Crippen molar-refractivity contribution < 1.29 is 4.79 Å². The minimum atomic E-state index is -0.0446. The molecule has 0 atom stereocenters. The van der Waals surface area contributed by atoms with Crippen molar-refractivity contribution in [2.45, 2.75) is 44.3 Å². The smallest absolute Gasteiger partial charge is 0.221 e. The lowest BCUT2D eigenvalue weighted by atomic mass is 10.1. The number of carbonyl (C=O) groups is 1. The zero-order valence-electron chi connectivity index (χ0n) is 13.3. The number of hydrogen-bond acceptors (Lipinski definition) is 4. The van der Waals surface area contributed by atoms with Crippen LogP contribution in [-0.4, -0.2) is 10.9 Å². The van der Waals surface area contributed by atoms with Gasteiger partial charge in [-0.3, -0.25) is 4.79 Å². The summed E-state index contributed by atoms with van der Waals surface area (Å²) in [4.78, 5) is 16.9. The molecule has 0 spiro atoms. The average molecular weight is 335 g/mol. The lowest BCUT2D eigenvalue weighted by Crippen LogP contribution is -2.05. The van der Waals surface area contributed by atoms with Gasteiger partial charge in [0.1, 0.15) is 0 Å². The van der Waals surface area contributed by atoms with Crippen molar-refractivity contribution in [2.75, 3.05) is 5.32 Å². The molecular weight excluding hydrogens is 312 g/mol. The first-order chi connectivity index (χ1) is 10.5. The van der Waals surface area contributed by atoms with Crippen LogP contribution in [0.2, 0.25) is 0 Å². The molecule has 5 heteroatoms. The van der Waals surface area contributed by atoms with Gasteiger partial charge in [0.05, 0.1) is 10.7 Å². The van der Waals surface area contributed by atoms with Gasteiger partial charge in [-0.2, -0.15) is 0 Å². The quantitative estimate of drug-likeness (QED) is 0.726. The van der Waals surface area contributed by atoms with E-state index in [2.05, 4.69) is 24.5 Å². The Balaban J connectivity index is 1.83. The zero-order valence-corrected chi connectivity index (χ0v) is 14.9. The van der Waals surface area contributed by atoms with Crippen molar-refractivity contribution in [3.8, 4) is 0 Å². The molecule has 0 bridgehead atoms. The number of amides is 1. The molecule has 3 nitrogen and oxygen atoms in total. The van der Waals surface area contributed by atoms with Gasteiger partial charge in [0, 0.05) is 28.6 Å². The Morgan fingerprint density at radius 2 is 2.05 bits per heavy atom. The summed E-state index contributed by atoms with van der Waals surface area (Å²) >= 11 is 3.53. The number of rotatable bonds is 7. The molecule has 0 radical (unpaired) electrons. The average Bonchev–Trinajstić information content (AvgIpc) is 2.92. The standard InChI is InChI=1S/C17H22N2OS2/c1-12(2)4-9-17-19-15(11-22-17)10-21-16-7-5-14(6-8-16)18-13(3)20/h5-8,11-12H,4,9-10H2,1-3H3,(H,18,20). The number of hydrogen-bond donors (Lipinski definition) is 1. The Bertz CT molecular complexity index is 605. The summed E-state index contributed by atoms with van der Waals surface area (Å²) < 4.78 is 0. The van der Waals surface area contributed by atoms with Gasteiger partial charge in [0.15, 0.2) is 0 Å². The Morgan fingerprint density at radius 3 is 2.68 bits per heavy atom. The number of aromatic nitrogens is 1. The van der Waals surface area contributed by atoms with Crippen LogP contribution >= 0.6 is 23.1 Å². The molecule has 0 aliphatic rings. The van der Waals surface area contributed by atoms with E-state index in [1.165, 1.54) is 23.2 Å². The second-order valence-electron chi connectivity index (χ2n) is 5.66. The highest BCUT2D eigenvalue weighted by molar-refractivity contribution is 7.98. The first-order valence-electron chi connectivity index (χ1n) is 7.46. The summed E-state index contributed by atoms with van der Waals surface area (Å²) in [5, 5.41) is 6.18. The fraction of sp³-hybridized carbons (Fsp3) is 0.412. The van der Waals surface area contributed by atoms with E-state index in [1.807, 2.05) is 24.3 Å². The molecular formula is C17H22N2OS2. The van der Waals surface area contributed by atoms with E-state index in [4.69, 9.17) is 4.98 Å². The van der Waals surface area contributed by atoms with E-state index >= 15 is 0 Å². The molecule has 1 heterocycles. The summed E-state index contributed by atoms with van der Waals surface area (Å²) in [6.07, 6.45) is 2.28. The maximum absolute atomic E-state index is 11.0. The minimum Gasteiger partial charge on any atom is -0.326 e. The second kappa shape index (κ2) is 8.34. The van der Waals surface area contributed by atoms with E-state index in [0.717, 1.165) is 29.5 Å². The summed E-state index contributed by atoms with van der Waals surface area (Å²) in [6.45, 7) is 6.01. The third-order valence-electron chi connectivity index (χ3n) is 3.10. The van der Waals surface area contributed by atoms with Crippen LogP contribution in [0, 0.1) is 5.92 Å². The van der Waals surface area contributed by atoms with Crippen molar-refractivity contribution in [3.63, 3.8) is 0 Å². The topological polar surface area (TPSA) is 42.0 Å². The number of anilines is 1. The first-order valence-corrected chi connectivity index (χ1v) is 9.33. The molecule has 118 valence electrons. The number of thiazole rings is 1. The van der Waals surface area contributed by atoms with E-state index in [0.29, 0.717) is 0 Å². The van der Waals surface area contributed by atoms with Crippen LogP contribution < -0.4 is 5.32 Å². The number of nitrogens with one attached hydrogen (secondary N) is 1. The van der Waals surface area contributed by atoms with Crippen molar-refractivity contribution in [1.29, 1.82) is 0 Å². The van der Waals surface area contributed by atoms with Gasteiger partial charge >= 0.3 is 0 Å². The van der Waals surface area contributed by atoms with Crippen LogP contribution in [0.3, 0.4) is 0 Å². The molecule has 2 aromatic rings. The van der Waals surface area contributed by atoms with Crippen LogP contribution in [0.15, 0.2) is 34.5 Å². The molecule has 0 saturated heterocycles. The van der Waals surface area contributed by atoms with Gasteiger partial charge in [-0.05, 0) is 43.0 Å². The van der Waals surface area contributed by atoms with Crippen LogP contribution in [0.25, 0.3) is 0 Å². The Labute approximate surface area is 140 Å². The van der Waals surface area contributed by atoms with Gasteiger partial charge < -0.3 is 5.32 Å². The van der Waals surface area contributed by atoms with Gasteiger partial charge in [-0.1, -0.05) is 13.8 Å². The monoisotopic (exact) mass is 334 g/mol. The fourth-order valence-corrected chi connectivity index (χ4v) is 3.65. The second-order valence-corrected chi connectivity index (χ2v) is 7.65. The Morgan fingerprint density at radius 1 is 1.32 bits per heavy atom. The molecule has 1 N–H and O–H groups in total. The predicted molar refractivity (Wildman–Crippen MR) is 95.6 cm³/mol. The number of carbonyl (C=O) groups excluding carboxylic acids is 1. The fourth-order valence-electron chi connectivity index (χ4n) is 1.94. The van der Waals surface area contributed by atoms with E-state index in [-0.39, 0.29) is 5.91 Å². The highest BCUT2D eigenvalue weighted by Gasteiger charge is 2.05. The van der Waals surface area contributed by atoms with Crippen molar-refractivity contribution in [1.82, 2.24) is 4.98 Å². The van der Waals surface area contributed by atoms with Crippen LogP contribution in [0.4, 0.5) is 5.69 Å². The summed E-state index contributed by atoms with van der Waals surface area (Å²) in [7, 11) is 0. The Kier molecular flexibility index (Phi) is 6.46. The van der Waals surface area contributed by atoms with Crippen LogP contribution in [0.1, 0.15) is 37.9 Å². The van der Waals surface area contributed by atoms with E-state index < -0.39 is 0 Å². The predicted octanol–water partition coefficient (Wildman–Crippen LogP) is 4.98.